The lowest BCUT2D eigenvalue weighted by molar-refractivity contribution is 0.0791. The van der Waals surface area contributed by atoms with Crippen molar-refractivity contribution in [3.63, 3.8) is 0 Å². The maximum absolute atomic E-state index is 12.8. The predicted octanol–water partition coefficient (Wildman–Crippen LogP) is 4.42. The highest BCUT2D eigenvalue weighted by Crippen LogP contribution is 2.24. The zero-order valence-corrected chi connectivity index (χ0v) is 15.5. The summed E-state index contributed by atoms with van der Waals surface area (Å²) in [6.45, 7) is 5.36. The van der Waals surface area contributed by atoms with Gasteiger partial charge in [0.25, 0.3) is 11.9 Å². The molecule has 1 fully saturated rings. The minimum atomic E-state index is 0.0798. The van der Waals surface area contributed by atoms with Crippen molar-refractivity contribution in [2.24, 2.45) is 0 Å². The number of amides is 1. The van der Waals surface area contributed by atoms with Gasteiger partial charge in [-0.05, 0) is 44.0 Å². The van der Waals surface area contributed by atoms with E-state index in [9.17, 15) is 4.79 Å². The molecular weight excluding hydrogens is 350 g/mol. The maximum Gasteiger partial charge on any atom is 0.295 e. The summed E-state index contributed by atoms with van der Waals surface area (Å²) in [5.41, 5.74) is 4.37. The monoisotopic (exact) mass is 369 g/mol. The molecule has 3 aromatic rings. The molecule has 0 bridgehead atoms. The van der Waals surface area contributed by atoms with E-state index >= 15 is 0 Å². The number of oxazole rings is 1. The molecule has 0 spiro atoms. The van der Waals surface area contributed by atoms with Gasteiger partial charge < -0.3 is 14.6 Å². The van der Waals surface area contributed by atoms with Crippen molar-refractivity contribution in [1.29, 1.82) is 0 Å². The zero-order valence-electron chi connectivity index (χ0n) is 14.8. The van der Waals surface area contributed by atoms with Crippen LogP contribution in [-0.2, 0) is 0 Å². The lowest BCUT2D eigenvalue weighted by Crippen LogP contribution is -2.32. The molecule has 2 aromatic carbocycles. The van der Waals surface area contributed by atoms with Crippen molar-refractivity contribution < 1.29 is 9.21 Å². The second-order valence-electron chi connectivity index (χ2n) is 6.83. The average Bonchev–Trinajstić information content (AvgIpc) is 3.20. The average molecular weight is 370 g/mol. The van der Waals surface area contributed by atoms with E-state index in [2.05, 4.69) is 10.3 Å². The summed E-state index contributed by atoms with van der Waals surface area (Å²) in [5.74, 6) is 0.0798. The molecule has 26 heavy (non-hydrogen) atoms. The summed E-state index contributed by atoms with van der Waals surface area (Å²) in [6.07, 6.45) is 0.857. The van der Waals surface area contributed by atoms with E-state index in [-0.39, 0.29) is 11.9 Å². The van der Waals surface area contributed by atoms with Gasteiger partial charge in [0.2, 0.25) is 0 Å². The molecule has 1 atom stereocenters. The molecule has 2 heterocycles. The number of carbonyl (C=O) groups excluding carboxylic acids is 1. The number of benzene rings is 2. The van der Waals surface area contributed by atoms with Crippen LogP contribution in [0.5, 0.6) is 0 Å². The molecule has 1 amide bonds. The van der Waals surface area contributed by atoms with Crippen LogP contribution in [0.1, 0.15) is 27.9 Å². The number of anilines is 1. The van der Waals surface area contributed by atoms with Crippen molar-refractivity contribution >= 4 is 34.6 Å². The van der Waals surface area contributed by atoms with Crippen LogP contribution in [0, 0.1) is 13.8 Å². The van der Waals surface area contributed by atoms with Crippen LogP contribution in [0.2, 0.25) is 5.02 Å². The summed E-state index contributed by atoms with van der Waals surface area (Å²) >= 11 is 5.98. The molecule has 1 saturated heterocycles. The number of aromatic nitrogens is 1. The van der Waals surface area contributed by atoms with E-state index in [0.29, 0.717) is 23.2 Å². The summed E-state index contributed by atoms with van der Waals surface area (Å²) in [5, 5.41) is 3.91. The van der Waals surface area contributed by atoms with Gasteiger partial charge in [0.05, 0.1) is 0 Å². The fraction of sp³-hybridized carbons (Fsp3) is 0.300. The normalized spacial score (nSPS) is 17.0. The number of aryl methyl sites for hydroxylation is 2. The molecule has 0 aliphatic carbocycles. The molecular formula is C20H20ClN3O2. The molecule has 0 radical (unpaired) electrons. The molecule has 4 rings (SSSR count). The fourth-order valence-corrected chi connectivity index (χ4v) is 3.58. The van der Waals surface area contributed by atoms with Crippen LogP contribution >= 0.6 is 11.6 Å². The highest BCUT2D eigenvalue weighted by Gasteiger charge is 2.28. The third-order valence-electron chi connectivity index (χ3n) is 4.77. The number of likely N-dealkylation sites (tertiary alicyclic amines) is 1. The van der Waals surface area contributed by atoms with Crippen molar-refractivity contribution in [1.82, 2.24) is 9.88 Å². The lowest BCUT2D eigenvalue weighted by Gasteiger charge is -2.18. The van der Waals surface area contributed by atoms with Crippen LogP contribution in [0.15, 0.2) is 40.8 Å². The first kappa shape index (κ1) is 16.9. The van der Waals surface area contributed by atoms with Crippen LogP contribution in [-0.4, -0.2) is 34.9 Å². The van der Waals surface area contributed by atoms with Gasteiger partial charge in [0.1, 0.15) is 5.52 Å². The third-order valence-corrected chi connectivity index (χ3v) is 5.00. The number of hydrogen-bond donors (Lipinski definition) is 1. The molecule has 6 heteroatoms. The Morgan fingerprint density at radius 3 is 2.92 bits per heavy atom. The number of fused-ring (bicyclic) bond motifs is 1. The number of rotatable bonds is 3. The Bertz CT molecular complexity index is 982. The van der Waals surface area contributed by atoms with Gasteiger partial charge in [-0.15, -0.1) is 0 Å². The first-order chi connectivity index (χ1) is 12.5. The number of hydrogen-bond acceptors (Lipinski definition) is 4. The quantitative estimate of drug-likeness (QED) is 0.742. The van der Waals surface area contributed by atoms with E-state index in [1.165, 1.54) is 0 Å². The van der Waals surface area contributed by atoms with Gasteiger partial charge >= 0.3 is 0 Å². The van der Waals surface area contributed by atoms with Gasteiger partial charge in [-0.25, -0.2) is 0 Å². The fourth-order valence-electron chi connectivity index (χ4n) is 3.42. The maximum atomic E-state index is 12.8. The van der Waals surface area contributed by atoms with Crippen LogP contribution < -0.4 is 5.32 Å². The zero-order chi connectivity index (χ0) is 18.3. The number of nitrogens with one attached hydrogen (secondary N) is 1. The predicted molar refractivity (Wildman–Crippen MR) is 103 cm³/mol. The molecule has 0 saturated carbocycles. The van der Waals surface area contributed by atoms with Crippen LogP contribution in [0.3, 0.4) is 0 Å². The molecule has 0 unspecified atom stereocenters. The lowest BCUT2D eigenvalue weighted by atomic mass is 10.0. The standard InChI is InChI=1S/C20H20ClN3O2/c1-12-3-5-16(13(2)9-12)19(25)24-8-7-15(11-24)22-20-23-17-6-4-14(21)10-18(17)26-20/h3-6,9-10,15H,7-8,11H2,1-2H3,(H,22,23)/t15-/m1/s1. The Hall–Kier alpha value is -2.53. The minimum absolute atomic E-state index is 0.0798. The topological polar surface area (TPSA) is 58.4 Å². The molecule has 1 aliphatic heterocycles. The second kappa shape index (κ2) is 6.65. The Morgan fingerprint density at radius 2 is 2.12 bits per heavy atom. The highest BCUT2D eigenvalue weighted by atomic mass is 35.5. The molecule has 134 valence electrons. The highest BCUT2D eigenvalue weighted by molar-refractivity contribution is 6.31. The Balaban J connectivity index is 1.45. The van der Waals surface area contributed by atoms with Crippen LogP contribution in [0.25, 0.3) is 11.1 Å². The van der Waals surface area contributed by atoms with Gasteiger partial charge in [0, 0.05) is 35.8 Å². The van der Waals surface area contributed by atoms with Gasteiger partial charge in [-0.2, -0.15) is 4.98 Å². The largest absolute Gasteiger partial charge is 0.423 e. The summed E-state index contributed by atoms with van der Waals surface area (Å²) < 4.78 is 5.71. The van der Waals surface area contributed by atoms with Crippen LogP contribution in [0.4, 0.5) is 6.01 Å². The van der Waals surface area contributed by atoms with Gasteiger partial charge in [-0.1, -0.05) is 29.3 Å². The molecule has 5 nitrogen and oxygen atoms in total. The number of carbonyl (C=O) groups is 1. The van der Waals surface area contributed by atoms with E-state index in [0.717, 1.165) is 35.2 Å². The second-order valence-corrected chi connectivity index (χ2v) is 7.27. The Labute approximate surface area is 157 Å². The van der Waals surface area contributed by atoms with E-state index in [1.807, 2.05) is 43.0 Å². The molecule has 1 aromatic heterocycles. The first-order valence-corrected chi connectivity index (χ1v) is 9.06. The van der Waals surface area contributed by atoms with Crippen molar-refractivity contribution in [3.05, 3.63) is 58.1 Å². The van der Waals surface area contributed by atoms with E-state index in [1.54, 1.807) is 12.1 Å². The first-order valence-electron chi connectivity index (χ1n) is 8.69. The van der Waals surface area contributed by atoms with Crippen molar-refractivity contribution in [2.45, 2.75) is 26.3 Å². The molecule has 1 N–H and O–H groups in total. The van der Waals surface area contributed by atoms with E-state index in [4.69, 9.17) is 16.0 Å². The Kier molecular flexibility index (Phi) is 4.32. The third kappa shape index (κ3) is 3.27. The number of halogens is 1. The summed E-state index contributed by atoms with van der Waals surface area (Å²) in [4.78, 5) is 19.1. The molecule has 1 aliphatic rings. The SMILES string of the molecule is Cc1ccc(C(=O)N2CC[C@@H](Nc3nc4ccc(Cl)cc4o3)C2)c(C)c1. The van der Waals surface area contributed by atoms with Crippen molar-refractivity contribution in [3.8, 4) is 0 Å². The minimum Gasteiger partial charge on any atom is -0.423 e. The smallest absolute Gasteiger partial charge is 0.295 e. The van der Waals surface area contributed by atoms with Crippen molar-refractivity contribution in [2.75, 3.05) is 18.4 Å². The van der Waals surface area contributed by atoms with Gasteiger partial charge in [0.15, 0.2) is 5.58 Å². The Morgan fingerprint density at radius 1 is 1.27 bits per heavy atom. The summed E-state index contributed by atoms with van der Waals surface area (Å²) in [6, 6.07) is 11.9. The summed E-state index contributed by atoms with van der Waals surface area (Å²) in [7, 11) is 0. The number of nitrogens with zero attached hydrogens (tertiary/aromatic N) is 2. The van der Waals surface area contributed by atoms with E-state index < -0.39 is 0 Å². The van der Waals surface area contributed by atoms with Gasteiger partial charge in [-0.3, -0.25) is 4.79 Å².